The quantitative estimate of drug-likeness (QED) is 0.134. The maximum absolute atomic E-state index is 13.2. The third kappa shape index (κ3) is 7.36. The van der Waals surface area contributed by atoms with E-state index in [9.17, 15) is 14.4 Å². The summed E-state index contributed by atoms with van der Waals surface area (Å²) in [5, 5.41) is 8.63. The first-order chi connectivity index (χ1) is 20.8. The molecule has 1 fully saturated rings. The molecule has 0 bridgehead atoms. The molecule has 2 aromatic carbocycles. The zero-order valence-corrected chi connectivity index (χ0v) is 26.7. The van der Waals surface area contributed by atoms with Crippen LogP contribution in [0, 0.1) is 0 Å². The van der Waals surface area contributed by atoms with Gasteiger partial charge in [0, 0.05) is 44.5 Å². The number of benzene rings is 2. The van der Waals surface area contributed by atoms with Gasteiger partial charge in [0.15, 0.2) is 10.9 Å². The highest BCUT2D eigenvalue weighted by atomic mass is 35.5. The number of anilines is 2. The average molecular weight is 662 g/mol. The maximum atomic E-state index is 13.2. The Morgan fingerprint density at radius 1 is 1.16 bits per heavy atom. The largest absolute Gasteiger partial charge is 0.469 e. The van der Waals surface area contributed by atoms with Crippen molar-refractivity contribution in [3.63, 3.8) is 0 Å². The first-order valence-electron chi connectivity index (χ1n) is 13.6. The Balaban J connectivity index is 1.22. The molecule has 1 amide bonds. The molecule has 226 valence electrons. The van der Waals surface area contributed by atoms with Crippen LogP contribution >= 0.6 is 45.9 Å². The van der Waals surface area contributed by atoms with Crippen LogP contribution in [0.2, 0.25) is 10.0 Å². The van der Waals surface area contributed by atoms with Gasteiger partial charge >= 0.3 is 5.97 Å². The first kappa shape index (κ1) is 31.4. The number of nitrogens with one attached hydrogen (secondary N) is 1. The number of ether oxygens (including phenoxy) is 1. The van der Waals surface area contributed by atoms with E-state index in [2.05, 4.69) is 15.2 Å². The number of thiazole rings is 1. The van der Waals surface area contributed by atoms with E-state index in [1.54, 1.807) is 30.5 Å². The molecular formula is C30H30Cl2N4O5S2. The SMILES string of the molecule is COC(=O)CCc1cnc(N2CCCC2N(CC(=O)Cc2cc(Cl)c(NC(=O)c3csc4ccccc34)cc2Cl)OC)s1. The molecule has 0 spiro atoms. The first-order valence-corrected chi connectivity index (χ1v) is 16.1. The van der Waals surface area contributed by atoms with Crippen molar-refractivity contribution in [3.05, 3.63) is 74.0 Å². The summed E-state index contributed by atoms with van der Waals surface area (Å²) in [5.74, 6) is -0.649. The minimum Gasteiger partial charge on any atom is -0.469 e. The number of methoxy groups -OCH3 is 1. The van der Waals surface area contributed by atoms with Gasteiger partial charge < -0.3 is 15.0 Å². The van der Waals surface area contributed by atoms with E-state index in [4.69, 9.17) is 32.8 Å². The zero-order chi connectivity index (χ0) is 30.5. The summed E-state index contributed by atoms with van der Waals surface area (Å²) < 4.78 is 5.75. The Kier molecular flexibility index (Phi) is 10.3. The van der Waals surface area contributed by atoms with Gasteiger partial charge in [-0.3, -0.25) is 19.2 Å². The van der Waals surface area contributed by atoms with E-state index < -0.39 is 0 Å². The summed E-state index contributed by atoms with van der Waals surface area (Å²) in [5.41, 5.74) is 1.49. The molecule has 4 aromatic rings. The number of carbonyl (C=O) groups excluding carboxylic acids is 3. The monoisotopic (exact) mass is 660 g/mol. The maximum Gasteiger partial charge on any atom is 0.305 e. The third-order valence-electron chi connectivity index (χ3n) is 7.21. The summed E-state index contributed by atoms with van der Waals surface area (Å²) in [6.07, 6.45) is 4.24. The molecule has 1 saturated heterocycles. The van der Waals surface area contributed by atoms with Gasteiger partial charge in [0.05, 0.1) is 43.5 Å². The molecule has 1 atom stereocenters. The Labute approximate surface area is 267 Å². The molecule has 0 saturated carbocycles. The van der Waals surface area contributed by atoms with Gasteiger partial charge in [0.2, 0.25) is 0 Å². The highest BCUT2D eigenvalue weighted by Crippen LogP contribution is 2.34. The number of halogens is 2. The molecule has 9 nitrogen and oxygen atoms in total. The fourth-order valence-electron chi connectivity index (χ4n) is 5.04. The highest BCUT2D eigenvalue weighted by molar-refractivity contribution is 7.17. The van der Waals surface area contributed by atoms with Crippen molar-refractivity contribution < 1.29 is 24.0 Å². The molecule has 0 aliphatic carbocycles. The summed E-state index contributed by atoms with van der Waals surface area (Å²) in [4.78, 5) is 51.0. The Hall–Kier alpha value is -3.06. The summed E-state index contributed by atoms with van der Waals surface area (Å²) in [6.45, 7) is 0.814. The van der Waals surface area contributed by atoms with E-state index in [1.807, 2.05) is 29.6 Å². The molecule has 5 rings (SSSR count). The molecule has 43 heavy (non-hydrogen) atoms. The number of hydroxylamine groups is 2. The van der Waals surface area contributed by atoms with Crippen LogP contribution in [0.4, 0.5) is 10.8 Å². The number of hydrogen-bond acceptors (Lipinski definition) is 10. The highest BCUT2D eigenvalue weighted by Gasteiger charge is 2.33. The number of thiophene rings is 1. The van der Waals surface area contributed by atoms with Gasteiger partial charge in [-0.15, -0.1) is 22.7 Å². The zero-order valence-electron chi connectivity index (χ0n) is 23.6. The van der Waals surface area contributed by atoms with Gasteiger partial charge in [-0.05, 0) is 43.0 Å². The number of rotatable bonds is 12. The van der Waals surface area contributed by atoms with Gasteiger partial charge in [0.25, 0.3) is 5.91 Å². The normalized spacial score (nSPS) is 14.9. The van der Waals surface area contributed by atoms with E-state index in [1.165, 1.54) is 29.8 Å². The summed E-state index contributed by atoms with van der Waals surface area (Å²) in [6, 6.07) is 10.9. The molecule has 1 aliphatic heterocycles. The van der Waals surface area contributed by atoms with E-state index >= 15 is 0 Å². The smallest absolute Gasteiger partial charge is 0.305 e. The van der Waals surface area contributed by atoms with E-state index in [-0.39, 0.29) is 41.8 Å². The Morgan fingerprint density at radius 2 is 1.98 bits per heavy atom. The van der Waals surface area contributed by atoms with Crippen LogP contribution in [0.25, 0.3) is 10.1 Å². The van der Waals surface area contributed by atoms with Crippen LogP contribution in [-0.2, 0) is 32.0 Å². The van der Waals surface area contributed by atoms with Crippen LogP contribution < -0.4 is 10.2 Å². The van der Waals surface area contributed by atoms with Crippen molar-refractivity contribution in [1.82, 2.24) is 10.0 Å². The van der Waals surface area contributed by atoms with Gasteiger partial charge in [-0.1, -0.05) is 41.4 Å². The van der Waals surface area contributed by atoms with Crippen LogP contribution in [0.3, 0.4) is 0 Å². The number of nitrogens with zero attached hydrogens (tertiary/aromatic N) is 3. The topological polar surface area (TPSA) is 101 Å². The van der Waals surface area contributed by atoms with Gasteiger partial charge in [0.1, 0.15) is 6.17 Å². The second-order valence-corrected chi connectivity index (χ2v) is 12.8. The molecule has 1 unspecified atom stereocenters. The predicted octanol–water partition coefficient (Wildman–Crippen LogP) is 6.62. The predicted molar refractivity (Wildman–Crippen MR) is 171 cm³/mol. The lowest BCUT2D eigenvalue weighted by molar-refractivity contribution is -0.166. The number of aryl methyl sites for hydroxylation is 1. The minimum absolute atomic E-state index is 0.0376. The van der Waals surface area contributed by atoms with E-state index in [0.717, 1.165) is 39.5 Å². The molecular weight excluding hydrogens is 631 g/mol. The van der Waals surface area contributed by atoms with Crippen molar-refractivity contribution in [2.45, 2.75) is 38.3 Å². The van der Waals surface area contributed by atoms with Crippen molar-refractivity contribution in [3.8, 4) is 0 Å². The number of fused-ring (bicyclic) bond motifs is 1. The second kappa shape index (κ2) is 14.1. The van der Waals surface area contributed by atoms with Gasteiger partial charge in [-0.25, -0.2) is 4.98 Å². The standard InChI is InChI=1S/C30H30Cl2N4O5S2/c1-40-28(38)10-9-20-15-33-30(43-20)35-11-5-8-27(35)36(41-2)16-19(37)12-18-13-24(32)25(14-23(18)31)34-29(39)22-17-42-26-7-4-3-6-21(22)26/h3-4,6-7,13-15,17,27H,5,8-12,16H2,1-2H3,(H,34,39). The van der Waals surface area contributed by atoms with Crippen LogP contribution in [0.15, 0.2) is 48.0 Å². The van der Waals surface area contributed by atoms with Crippen molar-refractivity contribution in [2.75, 3.05) is 37.5 Å². The van der Waals surface area contributed by atoms with Crippen LogP contribution in [-0.4, -0.2) is 61.2 Å². The lowest BCUT2D eigenvalue weighted by Crippen LogP contribution is -2.46. The Morgan fingerprint density at radius 3 is 2.77 bits per heavy atom. The second-order valence-electron chi connectivity index (χ2n) is 10.00. The molecule has 3 heterocycles. The fourth-order valence-corrected chi connectivity index (χ4v) is 7.43. The number of amides is 1. The average Bonchev–Trinajstić information content (AvgIpc) is 3.76. The molecule has 13 heteroatoms. The number of esters is 1. The van der Waals surface area contributed by atoms with Crippen LogP contribution in [0.1, 0.15) is 40.1 Å². The number of ketones is 1. The Bertz CT molecular complexity index is 1640. The molecule has 1 aliphatic rings. The van der Waals surface area contributed by atoms with Crippen molar-refractivity contribution in [2.24, 2.45) is 0 Å². The van der Waals surface area contributed by atoms with Crippen molar-refractivity contribution in [1.29, 1.82) is 0 Å². The lowest BCUT2D eigenvalue weighted by Gasteiger charge is -2.32. The summed E-state index contributed by atoms with van der Waals surface area (Å²) >= 11 is 16.1. The number of hydrogen-bond donors (Lipinski definition) is 1. The summed E-state index contributed by atoms with van der Waals surface area (Å²) in [7, 11) is 2.92. The van der Waals surface area contributed by atoms with Crippen molar-refractivity contribution >= 4 is 84.4 Å². The van der Waals surface area contributed by atoms with E-state index in [0.29, 0.717) is 34.7 Å². The number of aromatic nitrogens is 1. The third-order valence-corrected chi connectivity index (χ3v) is 9.93. The molecule has 0 radical (unpaired) electrons. The van der Waals surface area contributed by atoms with Crippen LogP contribution in [0.5, 0.6) is 0 Å². The molecule has 1 N–H and O–H groups in total. The molecule has 2 aromatic heterocycles. The number of Topliss-reactive ketones (excluding diaryl/α,β-unsaturated/α-hetero) is 1. The minimum atomic E-state index is -0.285. The number of carbonyl (C=O) groups is 3. The lowest BCUT2D eigenvalue weighted by atomic mass is 10.1. The van der Waals surface area contributed by atoms with Gasteiger partial charge in [-0.2, -0.15) is 5.06 Å². The fraction of sp³-hybridized carbons (Fsp3) is 0.333.